The fourth-order valence-corrected chi connectivity index (χ4v) is 3.02. The van der Waals surface area contributed by atoms with E-state index in [1.54, 1.807) is 24.3 Å². The van der Waals surface area contributed by atoms with Crippen molar-refractivity contribution >= 4 is 16.8 Å². The number of aromatic hydroxyl groups is 1. The molecule has 0 aliphatic heterocycles. The molecule has 1 aromatic heterocycles. The second-order valence-electron chi connectivity index (χ2n) is 6.02. The van der Waals surface area contributed by atoms with Gasteiger partial charge < -0.3 is 9.52 Å². The number of hydrogen-bond donors (Lipinski definition) is 1. The van der Waals surface area contributed by atoms with Gasteiger partial charge in [0.1, 0.15) is 17.1 Å². The van der Waals surface area contributed by atoms with Crippen LogP contribution in [0, 0.1) is 6.92 Å². The lowest BCUT2D eigenvalue weighted by Crippen LogP contribution is -2.16. The summed E-state index contributed by atoms with van der Waals surface area (Å²) in [5, 5.41) is 11.1. The van der Waals surface area contributed by atoms with Crippen LogP contribution in [0.4, 0.5) is 0 Å². The summed E-state index contributed by atoms with van der Waals surface area (Å²) in [7, 11) is 0. The molecule has 0 bridgehead atoms. The molecule has 0 spiro atoms. The quantitative estimate of drug-likeness (QED) is 0.739. The van der Waals surface area contributed by atoms with E-state index in [-0.39, 0.29) is 23.5 Å². The zero-order valence-electron chi connectivity index (χ0n) is 13.6. The highest BCUT2D eigenvalue weighted by atomic mass is 16.4. The Kier molecular flexibility index (Phi) is 4.21. The molecule has 1 heterocycles. The highest BCUT2D eigenvalue weighted by molar-refractivity contribution is 5.85. The highest BCUT2D eigenvalue weighted by Gasteiger charge is 2.25. The van der Waals surface area contributed by atoms with Crippen molar-refractivity contribution in [2.24, 2.45) is 0 Å². The number of carbonyl (C=O) groups excluding carboxylic acids is 1. The van der Waals surface area contributed by atoms with Crippen molar-refractivity contribution in [3.8, 4) is 5.75 Å². The predicted molar refractivity (Wildman–Crippen MR) is 92.5 cm³/mol. The molecule has 3 rings (SSSR count). The lowest BCUT2D eigenvalue weighted by Gasteiger charge is -2.18. The Morgan fingerprint density at radius 2 is 1.92 bits per heavy atom. The smallest absolute Gasteiger partial charge is 0.343 e. The fourth-order valence-electron chi connectivity index (χ4n) is 3.02. The maximum absolute atomic E-state index is 12.5. The summed E-state index contributed by atoms with van der Waals surface area (Å²) in [6.07, 6.45) is 0.125. The average molecular weight is 322 g/mol. The van der Waals surface area contributed by atoms with Gasteiger partial charge in [-0.3, -0.25) is 4.79 Å². The first-order valence-electron chi connectivity index (χ1n) is 7.78. The monoisotopic (exact) mass is 322 g/mol. The minimum Gasteiger partial charge on any atom is -0.507 e. The number of para-hydroxylation sites is 1. The van der Waals surface area contributed by atoms with Gasteiger partial charge in [-0.05, 0) is 31.5 Å². The summed E-state index contributed by atoms with van der Waals surface area (Å²) < 4.78 is 5.36. The Labute approximate surface area is 139 Å². The molecular formula is C20H18O4. The normalized spacial score (nSPS) is 12.2. The Morgan fingerprint density at radius 3 is 2.62 bits per heavy atom. The van der Waals surface area contributed by atoms with Crippen LogP contribution in [0.25, 0.3) is 11.0 Å². The lowest BCUT2D eigenvalue weighted by atomic mass is 9.86. The van der Waals surface area contributed by atoms with Crippen molar-refractivity contribution in [2.75, 3.05) is 0 Å². The molecule has 0 saturated carbocycles. The molecule has 0 amide bonds. The number of Topliss-reactive ketones (excluding diaryl/α,β-unsaturated/α-hetero) is 1. The van der Waals surface area contributed by atoms with Crippen LogP contribution >= 0.6 is 0 Å². The fraction of sp³-hybridized carbons (Fsp3) is 0.200. The second kappa shape index (κ2) is 6.32. The number of fused-ring (bicyclic) bond motifs is 1. The average Bonchev–Trinajstić information content (AvgIpc) is 2.53. The molecule has 0 aliphatic carbocycles. The van der Waals surface area contributed by atoms with Crippen molar-refractivity contribution in [1.82, 2.24) is 0 Å². The van der Waals surface area contributed by atoms with Crippen LogP contribution in [0.2, 0.25) is 0 Å². The maximum atomic E-state index is 12.5. The zero-order valence-corrected chi connectivity index (χ0v) is 13.6. The largest absolute Gasteiger partial charge is 0.507 e. The Balaban J connectivity index is 2.27. The van der Waals surface area contributed by atoms with E-state index in [1.165, 1.54) is 6.92 Å². The molecule has 0 saturated heterocycles. The van der Waals surface area contributed by atoms with E-state index in [0.29, 0.717) is 11.0 Å². The van der Waals surface area contributed by atoms with E-state index in [1.807, 2.05) is 31.2 Å². The standard InChI is InChI=1S/C20H18O4/c1-12-6-5-7-14(10-12)16(11-13(2)21)18-19(22)15-8-3-4-9-17(15)24-20(18)23/h3-10,16,22H,11H2,1-2H3/t16-/m1/s1. The molecule has 0 unspecified atom stereocenters. The third-order valence-electron chi connectivity index (χ3n) is 4.10. The van der Waals surface area contributed by atoms with E-state index in [2.05, 4.69) is 0 Å². The van der Waals surface area contributed by atoms with Crippen LogP contribution in [-0.2, 0) is 4.79 Å². The number of carbonyl (C=O) groups is 1. The van der Waals surface area contributed by atoms with Crippen molar-refractivity contribution in [3.05, 3.63) is 75.6 Å². The summed E-state index contributed by atoms with van der Waals surface area (Å²) in [4.78, 5) is 24.3. The van der Waals surface area contributed by atoms with Gasteiger partial charge >= 0.3 is 5.63 Å². The molecule has 24 heavy (non-hydrogen) atoms. The summed E-state index contributed by atoms with van der Waals surface area (Å²) in [6, 6.07) is 14.4. The van der Waals surface area contributed by atoms with Crippen molar-refractivity contribution in [3.63, 3.8) is 0 Å². The van der Waals surface area contributed by atoms with Crippen LogP contribution in [0.15, 0.2) is 57.7 Å². The number of rotatable bonds is 4. The van der Waals surface area contributed by atoms with Gasteiger partial charge in [0.2, 0.25) is 0 Å². The summed E-state index contributed by atoms with van der Waals surface area (Å²) in [5.41, 5.74) is 1.68. The highest BCUT2D eigenvalue weighted by Crippen LogP contribution is 2.36. The zero-order chi connectivity index (χ0) is 17.3. The minimum absolute atomic E-state index is 0.0616. The molecule has 122 valence electrons. The SMILES string of the molecule is CC(=O)C[C@H](c1cccc(C)c1)c1c(O)c2ccccc2oc1=O. The lowest BCUT2D eigenvalue weighted by molar-refractivity contribution is -0.117. The van der Waals surface area contributed by atoms with E-state index < -0.39 is 11.5 Å². The Hall–Kier alpha value is -2.88. The molecule has 4 nitrogen and oxygen atoms in total. The topological polar surface area (TPSA) is 67.5 Å². The summed E-state index contributed by atoms with van der Waals surface area (Å²) >= 11 is 0. The molecule has 1 atom stereocenters. The van der Waals surface area contributed by atoms with E-state index in [0.717, 1.165) is 11.1 Å². The van der Waals surface area contributed by atoms with E-state index in [4.69, 9.17) is 4.42 Å². The van der Waals surface area contributed by atoms with Gasteiger partial charge in [0.25, 0.3) is 0 Å². The van der Waals surface area contributed by atoms with E-state index in [9.17, 15) is 14.7 Å². The summed E-state index contributed by atoms with van der Waals surface area (Å²) in [5.74, 6) is -0.716. The first-order chi connectivity index (χ1) is 11.5. The molecule has 0 fully saturated rings. The maximum Gasteiger partial charge on any atom is 0.343 e. The van der Waals surface area contributed by atoms with Gasteiger partial charge in [-0.2, -0.15) is 0 Å². The number of ketones is 1. The molecule has 3 aromatic rings. The van der Waals surface area contributed by atoms with Crippen LogP contribution in [-0.4, -0.2) is 10.9 Å². The number of aryl methyl sites for hydroxylation is 1. The van der Waals surface area contributed by atoms with Gasteiger partial charge in [0.15, 0.2) is 0 Å². The molecule has 0 aliphatic rings. The third-order valence-corrected chi connectivity index (χ3v) is 4.10. The molecular weight excluding hydrogens is 304 g/mol. The number of hydrogen-bond acceptors (Lipinski definition) is 4. The van der Waals surface area contributed by atoms with E-state index >= 15 is 0 Å². The van der Waals surface area contributed by atoms with Crippen molar-refractivity contribution in [2.45, 2.75) is 26.2 Å². The first kappa shape index (κ1) is 16.0. The molecule has 4 heteroatoms. The molecule has 2 aromatic carbocycles. The van der Waals surface area contributed by atoms with Crippen molar-refractivity contribution in [1.29, 1.82) is 0 Å². The predicted octanol–water partition coefficient (Wildman–Crippen LogP) is 3.92. The third kappa shape index (κ3) is 2.95. The van der Waals surface area contributed by atoms with Crippen LogP contribution < -0.4 is 5.63 Å². The van der Waals surface area contributed by atoms with Crippen molar-refractivity contribution < 1.29 is 14.3 Å². The van der Waals surface area contributed by atoms with Gasteiger partial charge in [0, 0.05) is 12.3 Å². The van der Waals surface area contributed by atoms with Gasteiger partial charge in [-0.1, -0.05) is 42.0 Å². The Morgan fingerprint density at radius 1 is 1.17 bits per heavy atom. The van der Waals surface area contributed by atoms with Crippen LogP contribution in [0.3, 0.4) is 0 Å². The summed E-state index contributed by atoms with van der Waals surface area (Å²) in [6.45, 7) is 3.42. The minimum atomic E-state index is -0.612. The number of benzene rings is 2. The van der Waals surface area contributed by atoms with Gasteiger partial charge in [-0.25, -0.2) is 4.79 Å². The molecule has 1 N–H and O–H groups in total. The van der Waals surface area contributed by atoms with Crippen LogP contribution in [0.1, 0.15) is 36.0 Å². The first-order valence-corrected chi connectivity index (χ1v) is 7.78. The van der Waals surface area contributed by atoms with Crippen LogP contribution in [0.5, 0.6) is 5.75 Å². The Bertz CT molecular complexity index is 969. The molecule has 0 radical (unpaired) electrons. The van der Waals surface area contributed by atoms with Gasteiger partial charge in [0.05, 0.1) is 10.9 Å². The van der Waals surface area contributed by atoms with Gasteiger partial charge in [-0.15, -0.1) is 0 Å². The second-order valence-corrected chi connectivity index (χ2v) is 6.02.